The lowest BCUT2D eigenvalue weighted by Crippen LogP contribution is -2.02. The minimum atomic E-state index is -0.441. The second-order valence-corrected chi connectivity index (χ2v) is 5.28. The van der Waals surface area contributed by atoms with Crippen molar-refractivity contribution in [1.29, 1.82) is 0 Å². The fraction of sp³-hybridized carbons (Fsp3) is 0.214. The number of halogens is 1. The maximum Gasteiger partial charge on any atom is 0.206 e. The molecule has 1 heterocycles. The topological polar surface area (TPSA) is 26.3 Å². The first kappa shape index (κ1) is 12.8. The Labute approximate surface area is 109 Å². The van der Waals surface area contributed by atoms with Crippen LogP contribution >= 0.6 is 11.3 Å². The number of hydrogen-bond acceptors (Lipinski definition) is 3. The number of carbonyl (C=O) groups excluding carboxylic acids is 1. The van der Waals surface area contributed by atoms with Crippen molar-refractivity contribution in [2.24, 2.45) is 0 Å². The van der Waals surface area contributed by atoms with E-state index in [0.717, 1.165) is 10.4 Å². The molecule has 0 unspecified atom stereocenters. The van der Waals surface area contributed by atoms with Gasteiger partial charge < -0.3 is 4.74 Å². The fourth-order valence-corrected chi connectivity index (χ4v) is 2.66. The van der Waals surface area contributed by atoms with E-state index >= 15 is 0 Å². The van der Waals surface area contributed by atoms with Crippen LogP contribution in [0.25, 0.3) is 0 Å². The molecule has 0 saturated heterocycles. The second kappa shape index (κ2) is 4.90. The molecule has 0 spiro atoms. The number of rotatable bonds is 3. The van der Waals surface area contributed by atoms with E-state index in [0.29, 0.717) is 10.6 Å². The molecule has 0 N–H and O–H groups in total. The van der Waals surface area contributed by atoms with Gasteiger partial charge in [-0.1, -0.05) is 0 Å². The summed E-state index contributed by atoms with van der Waals surface area (Å²) >= 11 is 1.41. The monoisotopic (exact) mass is 264 g/mol. The van der Waals surface area contributed by atoms with Gasteiger partial charge in [0, 0.05) is 4.88 Å². The van der Waals surface area contributed by atoms with E-state index in [1.54, 1.807) is 0 Å². The zero-order valence-electron chi connectivity index (χ0n) is 10.4. The van der Waals surface area contributed by atoms with Crippen molar-refractivity contribution in [1.82, 2.24) is 0 Å². The van der Waals surface area contributed by atoms with Gasteiger partial charge in [0.2, 0.25) is 5.78 Å². The lowest BCUT2D eigenvalue weighted by Gasteiger charge is -2.06. The van der Waals surface area contributed by atoms with Crippen LogP contribution in [-0.2, 0) is 0 Å². The molecule has 4 heteroatoms. The molecular weight excluding hydrogens is 251 g/mol. The SMILES string of the molecule is COc1ccc(F)cc1C(=O)c1cc(C)c(C)s1. The van der Waals surface area contributed by atoms with Crippen LogP contribution in [0.2, 0.25) is 0 Å². The van der Waals surface area contributed by atoms with E-state index in [1.807, 2.05) is 19.9 Å². The highest BCUT2D eigenvalue weighted by Gasteiger charge is 2.17. The van der Waals surface area contributed by atoms with Crippen LogP contribution in [-0.4, -0.2) is 12.9 Å². The van der Waals surface area contributed by atoms with Crippen molar-refractivity contribution >= 4 is 17.1 Å². The Morgan fingerprint density at radius 3 is 2.56 bits per heavy atom. The summed E-state index contributed by atoms with van der Waals surface area (Å²) in [6.45, 7) is 3.91. The maximum absolute atomic E-state index is 13.2. The van der Waals surface area contributed by atoms with Gasteiger partial charge in [-0.25, -0.2) is 4.39 Å². The molecule has 2 rings (SSSR count). The standard InChI is InChI=1S/C14H13FO2S/c1-8-6-13(18-9(8)2)14(16)11-7-10(15)4-5-12(11)17-3/h4-7H,1-3H3. The fourth-order valence-electron chi connectivity index (χ4n) is 1.68. The smallest absolute Gasteiger partial charge is 0.206 e. The first-order valence-corrected chi connectivity index (χ1v) is 6.30. The van der Waals surface area contributed by atoms with E-state index in [-0.39, 0.29) is 11.3 Å². The van der Waals surface area contributed by atoms with Gasteiger partial charge in [0.15, 0.2) is 0 Å². The van der Waals surface area contributed by atoms with Gasteiger partial charge in [0.05, 0.1) is 17.6 Å². The second-order valence-electron chi connectivity index (χ2n) is 4.02. The number of hydrogen-bond donors (Lipinski definition) is 0. The predicted molar refractivity (Wildman–Crippen MR) is 70.2 cm³/mol. The van der Waals surface area contributed by atoms with Crippen LogP contribution in [0.15, 0.2) is 24.3 Å². The van der Waals surface area contributed by atoms with Crippen LogP contribution in [0.1, 0.15) is 25.7 Å². The summed E-state index contributed by atoms with van der Waals surface area (Å²) in [5, 5.41) is 0. The van der Waals surface area contributed by atoms with Crippen molar-refractivity contribution in [3.8, 4) is 5.75 Å². The molecule has 0 fully saturated rings. The van der Waals surface area contributed by atoms with E-state index in [1.165, 1.54) is 36.6 Å². The first-order valence-electron chi connectivity index (χ1n) is 5.48. The van der Waals surface area contributed by atoms with Crippen molar-refractivity contribution in [3.63, 3.8) is 0 Å². The van der Waals surface area contributed by atoms with Gasteiger partial charge in [-0.05, 0) is 43.7 Å². The molecule has 0 aliphatic rings. The largest absolute Gasteiger partial charge is 0.496 e. The summed E-state index contributed by atoms with van der Waals surface area (Å²) in [7, 11) is 1.47. The summed E-state index contributed by atoms with van der Waals surface area (Å²) in [6, 6.07) is 5.79. The Hall–Kier alpha value is -1.68. The Bertz CT molecular complexity index is 582. The number of thiophene rings is 1. The van der Waals surface area contributed by atoms with Gasteiger partial charge in [0.1, 0.15) is 11.6 Å². The molecule has 0 amide bonds. The molecule has 1 aromatic carbocycles. The lowest BCUT2D eigenvalue weighted by molar-refractivity contribution is 0.103. The molecule has 2 nitrogen and oxygen atoms in total. The summed E-state index contributed by atoms with van der Waals surface area (Å²) in [6.07, 6.45) is 0. The van der Waals surface area contributed by atoms with Crippen LogP contribution in [0, 0.1) is 19.7 Å². The minimum absolute atomic E-state index is 0.201. The molecular formula is C14H13FO2S. The number of ketones is 1. The normalized spacial score (nSPS) is 10.4. The maximum atomic E-state index is 13.2. The lowest BCUT2D eigenvalue weighted by atomic mass is 10.1. The third-order valence-electron chi connectivity index (χ3n) is 2.80. The number of ether oxygens (including phenoxy) is 1. The average Bonchev–Trinajstić information content (AvgIpc) is 2.68. The van der Waals surface area contributed by atoms with Gasteiger partial charge >= 0.3 is 0 Å². The Morgan fingerprint density at radius 1 is 1.28 bits per heavy atom. The Balaban J connectivity index is 2.48. The van der Waals surface area contributed by atoms with Gasteiger partial charge in [0.25, 0.3) is 0 Å². The summed E-state index contributed by atoms with van der Waals surface area (Å²) < 4.78 is 18.3. The minimum Gasteiger partial charge on any atom is -0.496 e. The molecule has 0 radical (unpaired) electrons. The highest BCUT2D eigenvalue weighted by molar-refractivity contribution is 7.14. The molecule has 2 aromatic rings. The van der Waals surface area contributed by atoms with Gasteiger partial charge in [-0.3, -0.25) is 4.79 Å². The molecule has 18 heavy (non-hydrogen) atoms. The quantitative estimate of drug-likeness (QED) is 0.789. The summed E-state index contributed by atoms with van der Waals surface area (Å²) in [5.41, 5.74) is 1.33. The van der Waals surface area contributed by atoms with Gasteiger partial charge in [-0.15, -0.1) is 11.3 Å². The van der Waals surface area contributed by atoms with Crippen LogP contribution in [0.4, 0.5) is 4.39 Å². The van der Waals surface area contributed by atoms with Crippen molar-refractivity contribution in [3.05, 3.63) is 51.0 Å². The molecule has 0 bridgehead atoms. The van der Waals surface area contributed by atoms with E-state index < -0.39 is 5.82 Å². The molecule has 94 valence electrons. The van der Waals surface area contributed by atoms with Crippen LogP contribution in [0.5, 0.6) is 5.75 Å². The third-order valence-corrected chi connectivity index (χ3v) is 3.95. The first-order chi connectivity index (χ1) is 8.52. The van der Waals surface area contributed by atoms with E-state index in [4.69, 9.17) is 4.74 Å². The number of carbonyl (C=O) groups is 1. The van der Waals surface area contributed by atoms with Crippen molar-refractivity contribution in [2.45, 2.75) is 13.8 Å². The van der Waals surface area contributed by atoms with Crippen molar-refractivity contribution < 1.29 is 13.9 Å². The molecule has 0 aliphatic heterocycles. The predicted octanol–water partition coefficient (Wildman–Crippen LogP) is 3.74. The van der Waals surface area contributed by atoms with Crippen LogP contribution < -0.4 is 4.74 Å². The number of aryl methyl sites for hydroxylation is 2. The number of methoxy groups -OCH3 is 1. The van der Waals surface area contributed by atoms with E-state index in [9.17, 15) is 9.18 Å². The zero-order valence-corrected chi connectivity index (χ0v) is 11.2. The molecule has 0 atom stereocenters. The molecule has 1 aromatic heterocycles. The van der Waals surface area contributed by atoms with E-state index in [2.05, 4.69) is 0 Å². The average molecular weight is 264 g/mol. The number of benzene rings is 1. The Morgan fingerprint density at radius 2 is 2.00 bits per heavy atom. The highest BCUT2D eigenvalue weighted by Crippen LogP contribution is 2.27. The Kier molecular flexibility index (Phi) is 3.48. The molecule has 0 aliphatic carbocycles. The van der Waals surface area contributed by atoms with Crippen molar-refractivity contribution in [2.75, 3.05) is 7.11 Å². The van der Waals surface area contributed by atoms with Crippen LogP contribution in [0.3, 0.4) is 0 Å². The van der Waals surface area contributed by atoms with Gasteiger partial charge in [-0.2, -0.15) is 0 Å². The summed E-state index contributed by atoms with van der Waals surface area (Å²) in [4.78, 5) is 14.0. The highest BCUT2D eigenvalue weighted by atomic mass is 32.1. The zero-order chi connectivity index (χ0) is 13.3. The third kappa shape index (κ3) is 2.29. The molecule has 0 saturated carbocycles. The summed E-state index contributed by atoms with van der Waals surface area (Å²) in [5.74, 6) is -0.248.